The van der Waals surface area contributed by atoms with Crippen molar-refractivity contribution >= 4 is 23.1 Å². The number of nitrogens with two attached hydrogens (primary N) is 1. The van der Waals surface area contributed by atoms with Gasteiger partial charge in [0.05, 0.1) is 0 Å². The molecule has 0 aliphatic carbocycles. The van der Waals surface area contributed by atoms with Crippen LogP contribution in [-0.2, 0) is 0 Å². The molecule has 98 valence electrons. The summed E-state index contributed by atoms with van der Waals surface area (Å²) in [5, 5.41) is 3.93. The average Bonchev–Trinajstić information content (AvgIpc) is 2.74. The van der Waals surface area contributed by atoms with Gasteiger partial charge in [-0.2, -0.15) is 0 Å². The summed E-state index contributed by atoms with van der Waals surface area (Å²) in [4.78, 5) is 6.88. The fourth-order valence-electron chi connectivity index (χ4n) is 3.16. The van der Waals surface area contributed by atoms with E-state index in [0.29, 0.717) is 16.9 Å². The average molecular weight is 267 g/mol. The Labute approximate surface area is 113 Å². The molecule has 1 aromatic heterocycles. The smallest absolute Gasteiger partial charge is 0.133 e. The Bertz CT molecular complexity index is 417. The maximum absolute atomic E-state index is 5.92. The Hall–Kier alpha value is -1.00. The third-order valence-electron chi connectivity index (χ3n) is 3.99. The second-order valence-electron chi connectivity index (χ2n) is 5.31. The molecule has 0 aromatic carbocycles. The number of hydrogen-bond donors (Lipinski definition) is 2. The van der Waals surface area contributed by atoms with E-state index in [0.717, 1.165) is 11.9 Å². The summed E-state index contributed by atoms with van der Waals surface area (Å²) in [6.45, 7) is 2.47. The van der Waals surface area contributed by atoms with Crippen molar-refractivity contribution < 1.29 is 0 Å². The predicted molar refractivity (Wildman–Crippen MR) is 74.9 cm³/mol. The maximum atomic E-state index is 5.92. The Balaban J connectivity index is 1.65. The van der Waals surface area contributed by atoms with E-state index >= 15 is 0 Å². The van der Waals surface area contributed by atoms with Crippen LogP contribution in [0.25, 0.3) is 0 Å². The molecule has 3 heterocycles. The molecule has 2 saturated heterocycles. The molecule has 4 nitrogen and oxygen atoms in total. The molecular formula is C13H19ClN4. The first-order valence-electron chi connectivity index (χ1n) is 6.64. The second-order valence-corrected chi connectivity index (χ2v) is 5.69. The molecule has 2 atom stereocenters. The van der Waals surface area contributed by atoms with Crippen molar-refractivity contribution in [2.75, 3.05) is 24.1 Å². The molecule has 1 aromatic rings. The van der Waals surface area contributed by atoms with Gasteiger partial charge < -0.3 is 16.0 Å². The minimum absolute atomic E-state index is 0.454. The Morgan fingerprint density at radius 3 is 3.06 bits per heavy atom. The zero-order chi connectivity index (χ0) is 12.5. The van der Waals surface area contributed by atoms with Crippen molar-refractivity contribution in [3.05, 3.63) is 17.3 Å². The van der Waals surface area contributed by atoms with Crippen molar-refractivity contribution in [1.82, 2.24) is 9.88 Å². The first-order chi connectivity index (χ1) is 8.70. The van der Waals surface area contributed by atoms with E-state index in [1.54, 1.807) is 6.07 Å². The summed E-state index contributed by atoms with van der Waals surface area (Å²) in [6, 6.07) is 4.78. The van der Waals surface area contributed by atoms with Crippen LogP contribution in [0.4, 0.5) is 11.5 Å². The maximum Gasteiger partial charge on any atom is 0.133 e. The molecule has 3 rings (SSSR count). The molecule has 2 unspecified atom stereocenters. The Morgan fingerprint density at radius 2 is 2.22 bits per heavy atom. The SMILES string of the molecule is Nc1cc(Cl)nc(NC2CCN3CCCC3C2)c1. The van der Waals surface area contributed by atoms with E-state index in [1.807, 2.05) is 6.07 Å². The summed E-state index contributed by atoms with van der Waals surface area (Å²) in [5.41, 5.74) is 6.44. The number of pyridine rings is 1. The van der Waals surface area contributed by atoms with Crippen LogP contribution in [-0.4, -0.2) is 35.1 Å². The third-order valence-corrected chi connectivity index (χ3v) is 4.18. The van der Waals surface area contributed by atoms with Gasteiger partial charge in [-0.3, -0.25) is 0 Å². The lowest BCUT2D eigenvalue weighted by atomic mass is 9.97. The van der Waals surface area contributed by atoms with Crippen LogP contribution in [0.1, 0.15) is 25.7 Å². The van der Waals surface area contributed by atoms with E-state index in [9.17, 15) is 0 Å². The van der Waals surface area contributed by atoms with Gasteiger partial charge in [0, 0.05) is 30.4 Å². The zero-order valence-corrected chi connectivity index (χ0v) is 11.2. The molecule has 0 radical (unpaired) electrons. The van der Waals surface area contributed by atoms with E-state index in [4.69, 9.17) is 17.3 Å². The van der Waals surface area contributed by atoms with Crippen LogP contribution < -0.4 is 11.1 Å². The van der Waals surface area contributed by atoms with Crippen LogP contribution in [0.3, 0.4) is 0 Å². The summed E-state index contributed by atoms with van der Waals surface area (Å²) >= 11 is 5.92. The topological polar surface area (TPSA) is 54.2 Å². The van der Waals surface area contributed by atoms with Crippen LogP contribution in [0.15, 0.2) is 12.1 Å². The number of rotatable bonds is 2. The van der Waals surface area contributed by atoms with Crippen molar-refractivity contribution in [2.24, 2.45) is 0 Å². The molecule has 0 spiro atoms. The van der Waals surface area contributed by atoms with E-state index < -0.39 is 0 Å². The van der Waals surface area contributed by atoms with Gasteiger partial charge in [-0.25, -0.2) is 4.98 Å². The molecule has 2 fully saturated rings. The highest BCUT2D eigenvalue weighted by Crippen LogP contribution is 2.28. The van der Waals surface area contributed by atoms with Gasteiger partial charge >= 0.3 is 0 Å². The molecular weight excluding hydrogens is 248 g/mol. The van der Waals surface area contributed by atoms with Gasteiger partial charge in [-0.15, -0.1) is 0 Å². The first kappa shape index (κ1) is 12.1. The molecule has 0 saturated carbocycles. The number of aromatic nitrogens is 1. The van der Waals surface area contributed by atoms with Gasteiger partial charge in [0.25, 0.3) is 0 Å². The number of nitrogen functional groups attached to an aromatic ring is 1. The lowest BCUT2D eigenvalue weighted by molar-refractivity contribution is 0.188. The van der Waals surface area contributed by atoms with Gasteiger partial charge in [0.15, 0.2) is 0 Å². The standard InChI is InChI=1S/C13H19ClN4/c14-12-6-9(15)7-13(17-12)16-10-3-5-18-4-1-2-11(18)8-10/h6-7,10-11H,1-5,8H2,(H3,15,16,17). The minimum Gasteiger partial charge on any atom is -0.399 e. The summed E-state index contributed by atoms with van der Waals surface area (Å²) in [5.74, 6) is 0.802. The monoisotopic (exact) mass is 266 g/mol. The van der Waals surface area contributed by atoms with E-state index in [-0.39, 0.29) is 0 Å². The summed E-state index contributed by atoms with van der Waals surface area (Å²) in [7, 11) is 0. The lowest BCUT2D eigenvalue weighted by Gasteiger charge is -2.35. The number of nitrogens with zero attached hydrogens (tertiary/aromatic N) is 2. The zero-order valence-electron chi connectivity index (χ0n) is 10.4. The van der Waals surface area contributed by atoms with Gasteiger partial charge in [0.2, 0.25) is 0 Å². The second kappa shape index (κ2) is 4.94. The largest absolute Gasteiger partial charge is 0.399 e. The molecule has 2 aliphatic rings. The number of anilines is 2. The van der Waals surface area contributed by atoms with Gasteiger partial charge in [-0.1, -0.05) is 11.6 Å². The summed E-state index contributed by atoms with van der Waals surface area (Å²) < 4.78 is 0. The normalized spacial score (nSPS) is 28.1. The fraction of sp³-hybridized carbons (Fsp3) is 0.615. The van der Waals surface area contributed by atoms with E-state index in [1.165, 1.54) is 38.8 Å². The Kier molecular flexibility index (Phi) is 3.31. The van der Waals surface area contributed by atoms with Crippen molar-refractivity contribution in [2.45, 2.75) is 37.8 Å². The number of halogens is 1. The minimum atomic E-state index is 0.454. The number of fused-ring (bicyclic) bond motifs is 1. The molecule has 0 amide bonds. The van der Waals surface area contributed by atoms with Gasteiger partial charge in [-0.05, 0) is 38.3 Å². The molecule has 0 bridgehead atoms. The highest BCUT2D eigenvalue weighted by atomic mass is 35.5. The molecule has 18 heavy (non-hydrogen) atoms. The molecule has 3 N–H and O–H groups in total. The number of hydrogen-bond acceptors (Lipinski definition) is 4. The predicted octanol–water partition coefficient (Wildman–Crippen LogP) is 2.36. The number of nitrogens with one attached hydrogen (secondary N) is 1. The van der Waals surface area contributed by atoms with Crippen LogP contribution in [0.2, 0.25) is 5.15 Å². The summed E-state index contributed by atoms with van der Waals surface area (Å²) in [6.07, 6.45) is 5.06. The molecule has 2 aliphatic heterocycles. The van der Waals surface area contributed by atoms with E-state index in [2.05, 4.69) is 15.2 Å². The quantitative estimate of drug-likeness (QED) is 0.807. The van der Waals surface area contributed by atoms with Crippen LogP contribution in [0.5, 0.6) is 0 Å². The molecule has 5 heteroatoms. The van der Waals surface area contributed by atoms with Crippen LogP contribution >= 0.6 is 11.6 Å². The van der Waals surface area contributed by atoms with Crippen molar-refractivity contribution in [3.63, 3.8) is 0 Å². The van der Waals surface area contributed by atoms with Crippen LogP contribution in [0, 0.1) is 0 Å². The highest BCUT2D eigenvalue weighted by Gasteiger charge is 2.31. The fourth-order valence-corrected chi connectivity index (χ4v) is 3.37. The Morgan fingerprint density at radius 1 is 1.33 bits per heavy atom. The third kappa shape index (κ3) is 2.54. The van der Waals surface area contributed by atoms with Crippen molar-refractivity contribution in [3.8, 4) is 0 Å². The lowest BCUT2D eigenvalue weighted by Crippen LogP contribution is -2.42. The van der Waals surface area contributed by atoms with Gasteiger partial charge in [0.1, 0.15) is 11.0 Å². The first-order valence-corrected chi connectivity index (χ1v) is 7.02. The highest BCUT2D eigenvalue weighted by molar-refractivity contribution is 6.29. The number of piperidine rings is 1. The van der Waals surface area contributed by atoms with Crippen molar-refractivity contribution in [1.29, 1.82) is 0 Å².